The number of aryl methyl sites for hydroxylation is 1. The molecule has 0 bridgehead atoms. The highest BCUT2D eigenvalue weighted by molar-refractivity contribution is 5.95. The first-order valence-electron chi connectivity index (χ1n) is 8.46. The van der Waals surface area contributed by atoms with Crippen molar-refractivity contribution >= 4 is 5.91 Å². The van der Waals surface area contributed by atoms with Gasteiger partial charge in [-0.1, -0.05) is 5.16 Å². The van der Waals surface area contributed by atoms with Crippen molar-refractivity contribution in [1.29, 1.82) is 0 Å². The maximum absolute atomic E-state index is 13.0. The Kier molecular flexibility index (Phi) is 3.75. The number of hydrogen-bond donors (Lipinski definition) is 0. The fourth-order valence-corrected chi connectivity index (χ4v) is 3.48. The minimum atomic E-state index is -0.0959. The van der Waals surface area contributed by atoms with E-state index >= 15 is 0 Å². The Hall–Kier alpha value is -2.37. The molecule has 6 nitrogen and oxygen atoms in total. The van der Waals surface area contributed by atoms with Crippen LogP contribution in [-0.2, 0) is 0 Å². The molecule has 1 atom stereocenters. The Labute approximate surface area is 140 Å². The zero-order valence-electron chi connectivity index (χ0n) is 14.0. The minimum Gasteiger partial charge on any atom is -0.496 e. The summed E-state index contributed by atoms with van der Waals surface area (Å²) in [6, 6.07) is 5.66. The molecule has 2 fully saturated rings. The van der Waals surface area contributed by atoms with Gasteiger partial charge in [0.05, 0.1) is 13.2 Å². The largest absolute Gasteiger partial charge is 0.496 e. The van der Waals surface area contributed by atoms with Crippen LogP contribution in [0.3, 0.4) is 0 Å². The lowest BCUT2D eigenvalue weighted by atomic mass is 10.0. The Morgan fingerprint density at radius 1 is 1.33 bits per heavy atom. The summed E-state index contributed by atoms with van der Waals surface area (Å²) < 4.78 is 10.5. The second-order valence-corrected chi connectivity index (χ2v) is 6.56. The second kappa shape index (κ2) is 5.92. The Morgan fingerprint density at radius 3 is 2.83 bits per heavy atom. The fourth-order valence-electron chi connectivity index (χ4n) is 3.48. The van der Waals surface area contributed by atoms with Crippen molar-refractivity contribution in [2.45, 2.75) is 44.6 Å². The molecule has 1 aliphatic carbocycles. The summed E-state index contributed by atoms with van der Waals surface area (Å²) in [4.78, 5) is 19.2. The van der Waals surface area contributed by atoms with Crippen molar-refractivity contribution in [1.82, 2.24) is 15.0 Å². The molecule has 24 heavy (non-hydrogen) atoms. The SMILES string of the molecule is COc1ccc(C(=O)N2CCCC2c2noc(C)n2)cc1C1CC1. The number of carbonyl (C=O) groups excluding carboxylic acids is 1. The standard InChI is InChI=1S/C18H21N3O3/c1-11-19-17(20-24-11)15-4-3-9-21(15)18(22)13-7-8-16(23-2)14(10-13)12-5-6-12/h7-8,10,12,15H,3-6,9H2,1-2H3. The molecule has 0 radical (unpaired) electrons. The molecule has 1 aromatic carbocycles. The first kappa shape index (κ1) is 15.2. The lowest BCUT2D eigenvalue weighted by Crippen LogP contribution is -2.31. The van der Waals surface area contributed by atoms with E-state index in [1.165, 1.54) is 12.8 Å². The van der Waals surface area contributed by atoms with Gasteiger partial charge >= 0.3 is 0 Å². The van der Waals surface area contributed by atoms with Crippen LogP contribution in [0.5, 0.6) is 5.75 Å². The summed E-state index contributed by atoms with van der Waals surface area (Å²) >= 11 is 0. The van der Waals surface area contributed by atoms with E-state index < -0.39 is 0 Å². The lowest BCUT2D eigenvalue weighted by Gasteiger charge is -2.23. The van der Waals surface area contributed by atoms with Crippen LogP contribution in [0.15, 0.2) is 22.7 Å². The molecule has 1 aromatic heterocycles. The van der Waals surface area contributed by atoms with Crippen LogP contribution in [0.1, 0.15) is 65.3 Å². The molecule has 0 N–H and O–H groups in total. The molecule has 1 aliphatic heterocycles. The van der Waals surface area contributed by atoms with E-state index in [4.69, 9.17) is 9.26 Å². The van der Waals surface area contributed by atoms with Gasteiger partial charge in [-0.05, 0) is 55.4 Å². The molecular weight excluding hydrogens is 306 g/mol. The van der Waals surface area contributed by atoms with Crippen molar-refractivity contribution < 1.29 is 14.1 Å². The van der Waals surface area contributed by atoms with E-state index in [-0.39, 0.29) is 11.9 Å². The molecule has 2 aromatic rings. The summed E-state index contributed by atoms with van der Waals surface area (Å²) in [6.07, 6.45) is 4.16. The normalized spacial score (nSPS) is 20.4. The third-order valence-electron chi connectivity index (χ3n) is 4.85. The first-order valence-corrected chi connectivity index (χ1v) is 8.46. The number of carbonyl (C=O) groups is 1. The molecule has 4 rings (SSSR count). The van der Waals surface area contributed by atoms with Crippen LogP contribution in [0, 0.1) is 6.92 Å². The molecule has 1 unspecified atom stereocenters. The highest BCUT2D eigenvalue weighted by Gasteiger charge is 2.34. The molecule has 6 heteroatoms. The van der Waals surface area contributed by atoms with Gasteiger partial charge in [-0.15, -0.1) is 0 Å². The Bertz CT molecular complexity index is 767. The smallest absolute Gasteiger partial charge is 0.254 e. The highest BCUT2D eigenvalue weighted by Crippen LogP contribution is 2.45. The predicted octanol–water partition coefficient (Wildman–Crippen LogP) is 3.24. The monoisotopic (exact) mass is 327 g/mol. The summed E-state index contributed by atoms with van der Waals surface area (Å²) in [5, 5.41) is 4.01. The molecular formula is C18H21N3O3. The minimum absolute atomic E-state index is 0.0320. The third-order valence-corrected chi connectivity index (χ3v) is 4.85. The maximum Gasteiger partial charge on any atom is 0.254 e. The van der Waals surface area contributed by atoms with Crippen LogP contribution in [0.4, 0.5) is 0 Å². The van der Waals surface area contributed by atoms with Gasteiger partial charge < -0.3 is 14.2 Å². The number of rotatable bonds is 4. The van der Waals surface area contributed by atoms with Crippen LogP contribution in [0.2, 0.25) is 0 Å². The number of aromatic nitrogens is 2. The van der Waals surface area contributed by atoms with Crippen LogP contribution in [-0.4, -0.2) is 34.6 Å². The number of nitrogens with zero attached hydrogens (tertiary/aromatic N) is 3. The van der Waals surface area contributed by atoms with Gasteiger partial charge in [-0.2, -0.15) is 4.98 Å². The van der Waals surface area contributed by atoms with Crippen molar-refractivity contribution in [3.05, 3.63) is 41.0 Å². The quantitative estimate of drug-likeness (QED) is 0.862. The number of likely N-dealkylation sites (tertiary alicyclic amines) is 1. The molecule has 2 heterocycles. The number of methoxy groups -OCH3 is 1. The number of hydrogen-bond acceptors (Lipinski definition) is 5. The third kappa shape index (κ3) is 2.66. The Balaban J connectivity index is 1.62. The fraction of sp³-hybridized carbons (Fsp3) is 0.500. The van der Waals surface area contributed by atoms with Gasteiger partial charge in [-0.3, -0.25) is 4.79 Å². The van der Waals surface area contributed by atoms with Crippen LogP contribution >= 0.6 is 0 Å². The first-order chi connectivity index (χ1) is 11.7. The number of amides is 1. The zero-order chi connectivity index (χ0) is 16.7. The van der Waals surface area contributed by atoms with Gasteiger partial charge in [0.1, 0.15) is 5.75 Å². The predicted molar refractivity (Wildman–Crippen MR) is 87.0 cm³/mol. The van der Waals surface area contributed by atoms with Gasteiger partial charge in [0.2, 0.25) is 5.89 Å². The summed E-state index contributed by atoms with van der Waals surface area (Å²) in [5.41, 5.74) is 1.86. The number of benzene rings is 1. The lowest BCUT2D eigenvalue weighted by molar-refractivity contribution is 0.0728. The van der Waals surface area contributed by atoms with E-state index in [9.17, 15) is 4.79 Å². The maximum atomic E-state index is 13.0. The van der Waals surface area contributed by atoms with Gasteiger partial charge in [0, 0.05) is 19.0 Å². The molecule has 126 valence electrons. The van der Waals surface area contributed by atoms with Gasteiger partial charge in [0.25, 0.3) is 5.91 Å². The zero-order valence-corrected chi connectivity index (χ0v) is 14.0. The second-order valence-electron chi connectivity index (χ2n) is 6.56. The average Bonchev–Trinajstić information content (AvgIpc) is 3.17. The average molecular weight is 327 g/mol. The molecule has 1 saturated heterocycles. The van der Waals surface area contributed by atoms with Crippen molar-refractivity contribution in [2.75, 3.05) is 13.7 Å². The molecule has 2 aliphatic rings. The van der Waals surface area contributed by atoms with Gasteiger partial charge in [-0.25, -0.2) is 0 Å². The Morgan fingerprint density at radius 2 is 2.17 bits per heavy atom. The number of ether oxygens (including phenoxy) is 1. The van der Waals surface area contributed by atoms with Crippen LogP contribution < -0.4 is 4.74 Å². The van der Waals surface area contributed by atoms with E-state index in [0.29, 0.717) is 23.2 Å². The van der Waals surface area contributed by atoms with Crippen molar-refractivity contribution in [3.63, 3.8) is 0 Å². The van der Waals surface area contributed by atoms with Crippen LogP contribution in [0.25, 0.3) is 0 Å². The van der Waals surface area contributed by atoms with E-state index in [0.717, 1.165) is 30.7 Å². The highest BCUT2D eigenvalue weighted by atomic mass is 16.5. The topological polar surface area (TPSA) is 68.5 Å². The van der Waals surface area contributed by atoms with Gasteiger partial charge in [0.15, 0.2) is 5.82 Å². The van der Waals surface area contributed by atoms with E-state index in [2.05, 4.69) is 10.1 Å². The van der Waals surface area contributed by atoms with Crippen molar-refractivity contribution in [2.24, 2.45) is 0 Å². The van der Waals surface area contributed by atoms with Crippen molar-refractivity contribution in [3.8, 4) is 5.75 Å². The molecule has 1 saturated carbocycles. The molecule has 0 spiro atoms. The summed E-state index contributed by atoms with van der Waals surface area (Å²) in [5.74, 6) is 2.58. The molecule has 1 amide bonds. The van der Waals surface area contributed by atoms with E-state index in [1.807, 2.05) is 23.1 Å². The summed E-state index contributed by atoms with van der Waals surface area (Å²) in [6.45, 7) is 2.49. The van der Waals surface area contributed by atoms with E-state index in [1.54, 1.807) is 14.0 Å². The summed E-state index contributed by atoms with van der Waals surface area (Å²) in [7, 11) is 1.68.